The Morgan fingerprint density at radius 1 is 0.410 bits per heavy atom. The standard InChI is InChI=1S/C36H23ClN2/c37-35-23-34(29-13-8-12-27(21-29)24-9-2-1-3-10-24)38-36(39-35)26-19-17-25(18-20-26)33-22-28-11-4-5-14-30(28)31-15-6-7-16-32(31)33/h1-23H. The molecule has 6 aromatic carbocycles. The molecule has 184 valence electrons. The summed E-state index contributed by atoms with van der Waals surface area (Å²) in [5, 5.41) is 5.42. The van der Waals surface area contributed by atoms with E-state index >= 15 is 0 Å². The topological polar surface area (TPSA) is 25.8 Å². The molecule has 0 unspecified atom stereocenters. The first-order chi connectivity index (χ1) is 19.2. The zero-order valence-electron chi connectivity index (χ0n) is 21.1. The lowest BCUT2D eigenvalue weighted by Crippen LogP contribution is -1.94. The van der Waals surface area contributed by atoms with Crippen molar-refractivity contribution < 1.29 is 0 Å². The average molecular weight is 519 g/mol. The summed E-state index contributed by atoms with van der Waals surface area (Å²) >= 11 is 6.50. The van der Waals surface area contributed by atoms with E-state index in [9.17, 15) is 0 Å². The van der Waals surface area contributed by atoms with Gasteiger partial charge in [0.25, 0.3) is 0 Å². The van der Waals surface area contributed by atoms with Crippen molar-refractivity contribution in [2.75, 3.05) is 0 Å². The van der Waals surface area contributed by atoms with Gasteiger partial charge in [0.1, 0.15) is 5.15 Å². The van der Waals surface area contributed by atoms with E-state index in [0.29, 0.717) is 11.0 Å². The van der Waals surface area contributed by atoms with E-state index in [1.165, 1.54) is 27.1 Å². The summed E-state index contributed by atoms with van der Waals surface area (Å²) in [5.41, 5.74) is 7.38. The zero-order chi connectivity index (χ0) is 26.2. The van der Waals surface area contributed by atoms with Crippen molar-refractivity contribution in [2.24, 2.45) is 0 Å². The number of aromatic nitrogens is 2. The Bertz CT molecular complexity index is 1960. The number of benzene rings is 6. The maximum Gasteiger partial charge on any atom is 0.161 e. The van der Waals surface area contributed by atoms with Gasteiger partial charge in [0, 0.05) is 17.2 Å². The Labute approximate surface area is 232 Å². The van der Waals surface area contributed by atoms with Crippen molar-refractivity contribution in [3.05, 3.63) is 145 Å². The highest BCUT2D eigenvalue weighted by atomic mass is 35.5. The molecule has 0 saturated carbocycles. The Morgan fingerprint density at radius 2 is 1.05 bits per heavy atom. The van der Waals surface area contributed by atoms with Gasteiger partial charge in [-0.1, -0.05) is 133 Å². The highest BCUT2D eigenvalue weighted by Gasteiger charge is 2.12. The average Bonchev–Trinajstić information content (AvgIpc) is 3.01. The number of halogens is 1. The van der Waals surface area contributed by atoms with E-state index in [1.54, 1.807) is 0 Å². The van der Waals surface area contributed by atoms with Crippen LogP contribution in [0, 0.1) is 0 Å². The molecule has 0 radical (unpaired) electrons. The maximum atomic E-state index is 6.50. The number of hydrogen-bond donors (Lipinski definition) is 0. The molecule has 0 amide bonds. The van der Waals surface area contributed by atoms with Gasteiger partial charge in [-0.05, 0) is 55.9 Å². The Morgan fingerprint density at radius 3 is 1.87 bits per heavy atom. The van der Waals surface area contributed by atoms with Crippen LogP contribution in [-0.4, -0.2) is 9.97 Å². The second-order valence-electron chi connectivity index (χ2n) is 9.61. The highest BCUT2D eigenvalue weighted by Crippen LogP contribution is 2.36. The zero-order valence-corrected chi connectivity index (χ0v) is 21.8. The van der Waals surface area contributed by atoms with Crippen LogP contribution in [0.4, 0.5) is 0 Å². The Balaban J connectivity index is 1.28. The van der Waals surface area contributed by atoms with Gasteiger partial charge in [-0.15, -0.1) is 0 Å². The van der Waals surface area contributed by atoms with Gasteiger partial charge in [0.15, 0.2) is 5.82 Å². The number of nitrogens with zero attached hydrogens (tertiary/aromatic N) is 2. The molecule has 1 aromatic heterocycles. The van der Waals surface area contributed by atoms with Crippen LogP contribution in [0.25, 0.3) is 66.4 Å². The first-order valence-corrected chi connectivity index (χ1v) is 13.3. The van der Waals surface area contributed by atoms with Crippen LogP contribution in [-0.2, 0) is 0 Å². The van der Waals surface area contributed by atoms with E-state index in [0.717, 1.165) is 33.5 Å². The maximum absolute atomic E-state index is 6.50. The second kappa shape index (κ2) is 9.83. The fourth-order valence-electron chi connectivity index (χ4n) is 5.28. The molecule has 0 atom stereocenters. The third-order valence-electron chi connectivity index (χ3n) is 7.18. The second-order valence-corrected chi connectivity index (χ2v) is 10.0. The molecule has 0 N–H and O–H groups in total. The van der Waals surface area contributed by atoms with Crippen LogP contribution < -0.4 is 0 Å². The van der Waals surface area contributed by atoms with Crippen LogP contribution in [0.15, 0.2) is 140 Å². The van der Waals surface area contributed by atoms with Crippen LogP contribution in [0.2, 0.25) is 5.15 Å². The normalized spacial score (nSPS) is 11.2. The molecular formula is C36H23ClN2. The van der Waals surface area contributed by atoms with Gasteiger partial charge in [-0.25, -0.2) is 9.97 Å². The number of rotatable bonds is 4. The van der Waals surface area contributed by atoms with Crippen LogP contribution >= 0.6 is 11.6 Å². The molecule has 0 fully saturated rings. The molecule has 7 aromatic rings. The van der Waals surface area contributed by atoms with Crippen LogP contribution in [0.3, 0.4) is 0 Å². The lowest BCUT2D eigenvalue weighted by atomic mass is 9.93. The minimum Gasteiger partial charge on any atom is -0.228 e. The molecule has 39 heavy (non-hydrogen) atoms. The monoisotopic (exact) mass is 518 g/mol. The number of hydrogen-bond acceptors (Lipinski definition) is 2. The van der Waals surface area contributed by atoms with Gasteiger partial charge in [0.2, 0.25) is 0 Å². The van der Waals surface area contributed by atoms with Crippen molar-refractivity contribution in [3.8, 4) is 44.9 Å². The van der Waals surface area contributed by atoms with Crippen molar-refractivity contribution in [1.82, 2.24) is 9.97 Å². The van der Waals surface area contributed by atoms with Gasteiger partial charge < -0.3 is 0 Å². The van der Waals surface area contributed by atoms with E-state index in [4.69, 9.17) is 16.6 Å². The molecule has 2 nitrogen and oxygen atoms in total. The summed E-state index contributed by atoms with van der Waals surface area (Å²) in [5.74, 6) is 0.609. The van der Waals surface area contributed by atoms with E-state index in [-0.39, 0.29) is 0 Å². The Hall–Kier alpha value is -4.79. The predicted molar refractivity (Wildman–Crippen MR) is 164 cm³/mol. The van der Waals surface area contributed by atoms with Crippen molar-refractivity contribution in [3.63, 3.8) is 0 Å². The molecule has 3 heteroatoms. The van der Waals surface area contributed by atoms with E-state index < -0.39 is 0 Å². The largest absolute Gasteiger partial charge is 0.228 e. The first-order valence-electron chi connectivity index (χ1n) is 12.9. The molecule has 1 heterocycles. The fraction of sp³-hybridized carbons (Fsp3) is 0. The molecule has 0 aliphatic carbocycles. The number of fused-ring (bicyclic) bond motifs is 3. The molecule has 7 rings (SSSR count). The minimum absolute atomic E-state index is 0.421. The molecule has 0 aliphatic heterocycles. The molecular weight excluding hydrogens is 496 g/mol. The summed E-state index contributed by atoms with van der Waals surface area (Å²) in [6.07, 6.45) is 0. The summed E-state index contributed by atoms with van der Waals surface area (Å²) in [7, 11) is 0. The molecule has 0 bridgehead atoms. The predicted octanol–water partition coefficient (Wildman–Crippen LogP) is 10.1. The lowest BCUT2D eigenvalue weighted by Gasteiger charge is -2.12. The third kappa shape index (κ3) is 4.46. The first kappa shape index (κ1) is 23.3. The third-order valence-corrected chi connectivity index (χ3v) is 7.38. The van der Waals surface area contributed by atoms with Crippen molar-refractivity contribution >= 4 is 33.1 Å². The highest BCUT2D eigenvalue weighted by molar-refractivity contribution is 6.29. The fourth-order valence-corrected chi connectivity index (χ4v) is 5.46. The molecule has 0 aliphatic rings. The summed E-state index contributed by atoms with van der Waals surface area (Å²) in [6.45, 7) is 0. The van der Waals surface area contributed by atoms with Gasteiger partial charge in [-0.2, -0.15) is 0 Å². The van der Waals surface area contributed by atoms with Gasteiger partial charge in [0.05, 0.1) is 5.69 Å². The summed E-state index contributed by atoms with van der Waals surface area (Å²) in [6, 6.07) is 48.4. The molecule has 0 saturated heterocycles. The van der Waals surface area contributed by atoms with E-state index in [2.05, 4.69) is 120 Å². The molecule has 0 spiro atoms. The van der Waals surface area contributed by atoms with Gasteiger partial charge in [-0.3, -0.25) is 0 Å². The quantitative estimate of drug-likeness (QED) is 0.171. The van der Waals surface area contributed by atoms with Crippen LogP contribution in [0.1, 0.15) is 0 Å². The van der Waals surface area contributed by atoms with E-state index in [1.807, 2.05) is 24.3 Å². The van der Waals surface area contributed by atoms with Crippen molar-refractivity contribution in [1.29, 1.82) is 0 Å². The Kier molecular flexibility index (Phi) is 5.88. The minimum atomic E-state index is 0.421. The van der Waals surface area contributed by atoms with Crippen LogP contribution in [0.5, 0.6) is 0 Å². The summed E-state index contributed by atoms with van der Waals surface area (Å²) in [4.78, 5) is 9.46. The summed E-state index contributed by atoms with van der Waals surface area (Å²) < 4.78 is 0. The van der Waals surface area contributed by atoms with Gasteiger partial charge >= 0.3 is 0 Å². The SMILES string of the molecule is Clc1cc(-c2cccc(-c3ccccc3)c2)nc(-c2ccc(-c3cc4ccccc4c4ccccc34)cc2)n1. The smallest absolute Gasteiger partial charge is 0.161 e. The van der Waals surface area contributed by atoms with Crippen molar-refractivity contribution in [2.45, 2.75) is 0 Å². The lowest BCUT2D eigenvalue weighted by molar-refractivity contribution is 1.18.